The molecule has 0 bridgehead atoms. The van der Waals surface area contributed by atoms with Crippen molar-refractivity contribution < 1.29 is 68.0 Å². The van der Waals surface area contributed by atoms with E-state index >= 15 is 0 Å². The van der Waals surface area contributed by atoms with Crippen LogP contribution in [0.25, 0.3) is 21.9 Å². The predicted molar refractivity (Wildman–Crippen MR) is 144 cm³/mol. The number of fused-ring (bicyclic) bond motifs is 2. The van der Waals surface area contributed by atoms with Crippen molar-refractivity contribution >= 4 is 33.9 Å². The zero-order valence-electron chi connectivity index (χ0n) is 23.5. The van der Waals surface area contributed by atoms with E-state index in [1.165, 1.54) is 45.2 Å². The van der Waals surface area contributed by atoms with Crippen molar-refractivity contribution in [1.82, 2.24) is 0 Å². The van der Waals surface area contributed by atoms with E-state index in [0.29, 0.717) is 16.4 Å². The Balaban J connectivity index is 1.36. The first kappa shape index (κ1) is 32.3. The first-order valence-corrected chi connectivity index (χ1v) is 13.3. The molecular formula is C28H34O15. The highest BCUT2D eigenvalue weighted by molar-refractivity contribution is 6.01. The van der Waals surface area contributed by atoms with E-state index in [1.807, 2.05) is 0 Å². The van der Waals surface area contributed by atoms with Gasteiger partial charge in [0.2, 0.25) is 0 Å². The summed E-state index contributed by atoms with van der Waals surface area (Å²) in [6.45, 7) is 2.97. The highest BCUT2D eigenvalue weighted by Gasteiger charge is 2.44. The summed E-state index contributed by atoms with van der Waals surface area (Å²) in [7, 11) is 0. The standard InChI is InChI=1S/C28H34O15/c1-27(2,36)18(12-40-25-13-4-5-19(29)41-16(13)8-15-14(25)6-7-38-15)43-21(31)10-28(3,37)9-20(30)39-11-17-22(32)23(33)24(34)26(35)42-17/h4-8,17-18,22-24,26,32-37H,9-12H2,1-3H3/t17-,18-,22-,23+,24-,26-,28?/m1/s1. The maximum atomic E-state index is 12.8. The van der Waals surface area contributed by atoms with Crippen molar-refractivity contribution in [2.75, 3.05) is 13.2 Å². The van der Waals surface area contributed by atoms with Crippen LogP contribution in [0.4, 0.5) is 0 Å². The van der Waals surface area contributed by atoms with E-state index in [9.17, 15) is 45.0 Å². The van der Waals surface area contributed by atoms with Crippen LogP contribution in [0.3, 0.4) is 0 Å². The molecule has 0 spiro atoms. The van der Waals surface area contributed by atoms with Gasteiger partial charge in [-0.3, -0.25) is 9.59 Å². The van der Waals surface area contributed by atoms with Crippen LogP contribution >= 0.6 is 0 Å². The normalized spacial score (nSPS) is 24.8. The van der Waals surface area contributed by atoms with Crippen LogP contribution in [0.5, 0.6) is 5.75 Å². The Morgan fingerprint density at radius 2 is 1.60 bits per heavy atom. The van der Waals surface area contributed by atoms with E-state index in [4.69, 9.17) is 27.8 Å². The summed E-state index contributed by atoms with van der Waals surface area (Å²) in [6.07, 6.45) is -9.57. The number of furan rings is 1. The third-order valence-corrected chi connectivity index (χ3v) is 6.90. The number of hydrogen-bond donors (Lipinski definition) is 6. The summed E-state index contributed by atoms with van der Waals surface area (Å²) < 4.78 is 31.9. The molecule has 0 aliphatic carbocycles. The van der Waals surface area contributed by atoms with Gasteiger partial charge in [-0.05, 0) is 32.9 Å². The van der Waals surface area contributed by atoms with E-state index in [1.54, 1.807) is 6.07 Å². The minimum Gasteiger partial charge on any atom is -0.488 e. The number of hydrogen-bond acceptors (Lipinski definition) is 15. The number of ether oxygens (including phenoxy) is 4. The predicted octanol–water partition coefficient (Wildman–Crippen LogP) is -0.525. The third-order valence-electron chi connectivity index (χ3n) is 6.90. The Morgan fingerprint density at radius 1 is 0.930 bits per heavy atom. The van der Waals surface area contributed by atoms with Gasteiger partial charge in [0.25, 0.3) is 0 Å². The molecule has 1 aromatic carbocycles. The van der Waals surface area contributed by atoms with Crippen molar-refractivity contribution in [1.29, 1.82) is 0 Å². The Labute approximate surface area is 243 Å². The highest BCUT2D eigenvalue weighted by atomic mass is 16.7. The Hall–Kier alpha value is -3.57. The molecule has 7 atom stereocenters. The van der Waals surface area contributed by atoms with Crippen molar-refractivity contribution in [3.63, 3.8) is 0 Å². The van der Waals surface area contributed by atoms with Gasteiger partial charge in [-0.1, -0.05) is 0 Å². The van der Waals surface area contributed by atoms with Crippen molar-refractivity contribution in [3.8, 4) is 5.75 Å². The first-order valence-electron chi connectivity index (χ1n) is 13.3. The number of carbonyl (C=O) groups is 2. The van der Waals surface area contributed by atoms with Gasteiger partial charge in [-0.2, -0.15) is 0 Å². The van der Waals surface area contributed by atoms with Crippen LogP contribution in [0.2, 0.25) is 0 Å². The summed E-state index contributed by atoms with van der Waals surface area (Å²) in [5.74, 6) is -1.72. The molecule has 3 heterocycles. The number of esters is 2. The largest absolute Gasteiger partial charge is 0.488 e. The summed E-state index contributed by atoms with van der Waals surface area (Å²) in [5, 5.41) is 61.2. The lowest BCUT2D eigenvalue weighted by atomic mass is 9.97. The fourth-order valence-corrected chi connectivity index (χ4v) is 4.49. The van der Waals surface area contributed by atoms with Crippen LogP contribution in [-0.4, -0.2) is 104 Å². The van der Waals surface area contributed by atoms with Crippen molar-refractivity contribution in [2.24, 2.45) is 0 Å². The zero-order chi connectivity index (χ0) is 31.7. The van der Waals surface area contributed by atoms with Crippen LogP contribution in [0.15, 0.2) is 44.2 Å². The van der Waals surface area contributed by atoms with E-state index in [-0.39, 0.29) is 17.9 Å². The number of rotatable bonds is 11. The number of benzene rings is 1. The highest BCUT2D eigenvalue weighted by Crippen LogP contribution is 2.35. The molecule has 15 heteroatoms. The zero-order valence-corrected chi connectivity index (χ0v) is 23.5. The summed E-state index contributed by atoms with van der Waals surface area (Å²) in [4.78, 5) is 36.8. The average Bonchev–Trinajstić information content (AvgIpc) is 3.37. The smallest absolute Gasteiger partial charge is 0.336 e. The Bertz CT molecular complexity index is 1500. The maximum Gasteiger partial charge on any atom is 0.336 e. The molecule has 1 fully saturated rings. The molecule has 1 saturated heterocycles. The van der Waals surface area contributed by atoms with Crippen molar-refractivity contribution in [2.45, 2.75) is 81.6 Å². The molecule has 0 radical (unpaired) electrons. The lowest BCUT2D eigenvalue weighted by molar-refractivity contribution is -0.287. The molecule has 0 saturated carbocycles. The second-order valence-corrected chi connectivity index (χ2v) is 11.2. The molecule has 0 amide bonds. The third kappa shape index (κ3) is 7.69. The van der Waals surface area contributed by atoms with Gasteiger partial charge >= 0.3 is 17.6 Å². The van der Waals surface area contributed by atoms with Gasteiger partial charge in [0, 0.05) is 12.1 Å². The topological polar surface area (TPSA) is 236 Å². The van der Waals surface area contributed by atoms with Crippen LogP contribution < -0.4 is 10.4 Å². The van der Waals surface area contributed by atoms with Gasteiger partial charge in [0.1, 0.15) is 54.5 Å². The lowest BCUT2D eigenvalue weighted by Crippen LogP contribution is -2.58. The average molecular weight is 611 g/mol. The van der Waals surface area contributed by atoms with Gasteiger partial charge in [-0.25, -0.2) is 4.79 Å². The van der Waals surface area contributed by atoms with Gasteiger partial charge in [0.15, 0.2) is 12.4 Å². The van der Waals surface area contributed by atoms with Crippen molar-refractivity contribution in [3.05, 3.63) is 40.9 Å². The second-order valence-electron chi connectivity index (χ2n) is 11.2. The summed E-state index contributed by atoms with van der Waals surface area (Å²) in [5.41, 5.74) is -3.60. The Kier molecular flexibility index (Phi) is 9.46. The SMILES string of the molecule is CC(O)(CC(=O)OC[C@H]1O[C@@H](O)[C@H](O)[C@@H](O)[C@@H]1O)CC(=O)O[C@H](COc1c2ccoc2cc2oc(=O)ccc12)C(C)(C)O. The lowest BCUT2D eigenvalue weighted by Gasteiger charge is -2.38. The maximum absolute atomic E-state index is 12.8. The minimum atomic E-state index is -1.96. The van der Waals surface area contributed by atoms with E-state index in [2.05, 4.69) is 0 Å². The molecule has 1 aliphatic rings. The number of aliphatic hydroxyl groups is 6. The molecule has 43 heavy (non-hydrogen) atoms. The van der Waals surface area contributed by atoms with E-state index < -0.39 is 85.0 Å². The first-order chi connectivity index (χ1) is 20.1. The molecule has 236 valence electrons. The van der Waals surface area contributed by atoms with E-state index in [0.717, 1.165) is 0 Å². The number of aliphatic hydroxyl groups excluding tert-OH is 4. The van der Waals surface area contributed by atoms with Crippen LogP contribution in [0, 0.1) is 0 Å². The molecular weight excluding hydrogens is 576 g/mol. The Morgan fingerprint density at radius 3 is 2.30 bits per heavy atom. The van der Waals surface area contributed by atoms with Crippen LogP contribution in [-0.2, 0) is 23.8 Å². The molecule has 2 aromatic heterocycles. The monoisotopic (exact) mass is 610 g/mol. The number of carbonyl (C=O) groups excluding carboxylic acids is 2. The van der Waals surface area contributed by atoms with Crippen LogP contribution in [0.1, 0.15) is 33.6 Å². The molecule has 15 nitrogen and oxygen atoms in total. The summed E-state index contributed by atoms with van der Waals surface area (Å²) in [6, 6.07) is 5.87. The molecule has 1 aliphatic heterocycles. The molecule has 1 unspecified atom stereocenters. The quantitative estimate of drug-likeness (QED) is 0.118. The molecule has 3 aromatic rings. The van der Waals surface area contributed by atoms with Gasteiger partial charge in [-0.15, -0.1) is 0 Å². The second kappa shape index (κ2) is 12.6. The molecule has 6 N–H and O–H groups in total. The fourth-order valence-electron chi connectivity index (χ4n) is 4.49. The minimum absolute atomic E-state index is 0.194. The fraction of sp³-hybridized carbons (Fsp3) is 0.536. The summed E-state index contributed by atoms with van der Waals surface area (Å²) >= 11 is 0. The molecule has 4 rings (SSSR count). The van der Waals surface area contributed by atoms with Gasteiger partial charge < -0.3 is 58.4 Å². The van der Waals surface area contributed by atoms with Gasteiger partial charge in [0.05, 0.1) is 41.1 Å².